The normalized spacial score (nSPS) is 11.1. The first kappa shape index (κ1) is 21.6. The van der Waals surface area contributed by atoms with Crippen LogP contribution in [-0.4, -0.2) is 37.3 Å². The monoisotopic (exact) mass is 397 g/mol. The molecule has 0 radical (unpaired) electrons. The van der Waals surface area contributed by atoms with Gasteiger partial charge in [-0.3, -0.25) is 19.2 Å². The number of esters is 1. The molecule has 0 fully saturated rings. The largest absolute Gasteiger partial charge is 0.455 e. The van der Waals surface area contributed by atoms with Gasteiger partial charge in [0.1, 0.15) is 0 Å². The van der Waals surface area contributed by atoms with E-state index in [-0.39, 0.29) is 18.2 Å². The number of carbonyl (C=O) groups is 4. The van der Waals surface area contributed by atoms with Crippen molar-refractivity contribution in [2.24, 2.45) is 0 Å². The van der Waals surface area contributed by atoms with Crippen LogP contribution < -0.4 is 16.0 Å². The Hall–Kier alpha value is -3.68. The van der Waals surface area contributed by atoms with Crippen molar-refractivity contribution in [3.63, 3.8) is 0 Å². The molecular formula is C21H23N3O5. The highest BCUT2D eigenvalue weighted by atomic mass is 16.5. The van der Waals surface area contributed by atoms with Gasteiger partial charge in [0.2, 0.25) is 5.91 Å². The quantitative estimate of drug-likeness (QED) is 0.588. The Bertz CT molecular complexity index is 883. The highest BCUT2D eigenvalue weighted by Gasteiger charge is 2.18. The molecule has 0 bridgehead atoms. The summed E-state index contributed by atoms with van der Waals surface area (Å²) in [6, 6.07) is 14.8. The Kier molecular flexibility index (Phi) is 7.90. The van der Waals surface area contributed by atoms with Crippen molar-refractivity contribution in [1.29, 1.82) is 0 Å². The number of ether oxygens (including phenoxy) is 1. The van der Waals surface area contributed by atoms with Crippen LogP contribution in [0.1, 0.15) is 35.3 Å². The Morgan fingerprint density at radius 2 is 1.72 bits per heavy atom. The van der Waals surface area contributed by atoms with Crippen molar-refractivity contribution in [3.05, 3.63) is 65.7 Å². The van der Waals surface area contributed by atoms with Gasteiger partial charge in [0.25, 0.3) is 11.8 Å². The van der Waals surface area contributed by atoms with E-state index < -0.39 is 24.5 Å². The number of benzene rings is 2. The van der Waals surface area contributed by atoms with Gasteiger partial charge in [-0.25, -0.2) is 0 Å². The summed E-state index contributed by atoms with van der Waals surface area (Å²) >= 11 is 0. The molecule has 1 atom stereocenters. The molecule has 0 unspecified atom stereocenters. The number of carbonyl (C=O) groups excluding carboxylic acids is 4. The van der Waals surface area contributed by atoms with Crippen LogP contribution in [0.25, 0.3) is 0 Å². The van der Waals surface area contributed by atoms with Crippen molar-refractivity contribution < 1.29 is 23.9 Å². The SMILES string of the molecule is CNC(=O)c1cccc(NC(=O)COC(=O)C[C@H](NC(C)=O)c2ccccc2)c1. The molecule has 8 heteroatoms. The highest BCUT2D eigenvalue weighted by molar-refractivity contribution is 5.97. The lowest BCUT2D eigenvalue weighted by Gasteiger charge is -2.17. The van der Waals surface area contributed by atoms with E-state index in [0.717, 1.165) is 5.56 Å². The topological polar surface area (TPSA) is 114 Å². The van der Waals surface area contributed by atoms with Crippen LogP contribution in [0.4, 0.5) is 5.69 Å². The molecule has 0 aliphatic heterocycles. The van der Waals surface area contributed by atoms with Gasteiger partial charge in [-0.2, -0.15) is 0 Å². The number of hydrogen-bond acceptors (Lipinski definition) is 5. The minimum absolute atomic E-state index is 0.108. The zero-order chi connectivity index (χ0) is 21.2. The Balaban J connectivity index is 1.89. The van der Waals surface area contributed by atoms with Crippen molar-refractivity contribution in [2.75, 3.05) is 19.0 Å². The van der Waals surface area contributed by atoms with Gasteiger partial charge < -0.3 is 20.7 Å². The van der Waals surface area contributed by atoms with Crippen molar-refractivity contribution in [1.82, 2.24) is 10.6 Å². The number of rotatable bonds is 8. The zero-order valence-electron chi connectivity index (χ0n) is 16.2. The summed E-state index contributed by atoms with van der Waals surface area (Å²) in [5, 5.41) is 7.76. The van der Waals surface area contributed by atoms with Crippen molar-refractivity contribution in [3.8, 4) is 0 Å². The van der Waals surface area contributed by atoms with Crippen LogP contribution in [0.2, 0.25) is 0 Å². The Labute approximate surface area is 168 Å². The summed E-state index contributed by atoms with van der Waals surface area (Å²) in [6.45, 7) is 0.881. The van der Waals surface area contributed by atoms with Gasteiger partial charge >= 0.3 is 5.97 Å². The minimum Gasteiger partial charge on any atom is -0.455 e. The molecule has 152 valence electrons. The summed E-state index contributed by atoms with van der Waals surface area (Å²) in [7, 11) is 1.51. The van der Waals surface area contributed by atoms with Gasteiger partial charge in [0.05, 0.1) is 12.5 Å². The molecule has 2 aromatic rings. The fourth-order valence-corrected chi connectivity index (χ4v) is 2.63. The Morgan fingerprint density at radius 1 is 1.00 bits per heavy atom. The molecule has 0 aliphatic carbocycles. The lowest BCUT2D eigenvalue weighted by molar-refractivity contribution is -0.148. The average Bonchev–Trinajstić information content (AvgIpc) is 2.71. The van der Waals surface area contributed by atoms with Crippen LogP contribution in [0, 0.1) is 0 Å². The van der Waals surface area contributed by atoms with E-state index in [4.69, 9.17) is 4.74 Å². The number of amides is 3. The second kappa shape index (κ2) is 10.6. The predicted molar refractivity (Wildman–Crippen MR) is 107 cm³/mol. The van der Waals surface area contributed by atoms with E-state index in [1.807, 2.05) is 6.07 Å². The predicted octanol–water partition coefficient (Wildman–Crippen LogP) is 1.80. The van der Waals surface area contributed by atoms with Crippen molar-refractivity contribution >= 4 is 29.4 Å². The molecule has 29 heavy (non-hydrogen) atoms. The Morgan fingerprint density at radius 3 is 2.38 bits per heavy atom. The third-order valence-electron chi connectivity index (χ3n) is 3.95. The van der Waals surface area contributed by atoms with Gasteiger partial charge in [0, 0.05) is 25.2 Å². The molecule has 3 amide bonds. The smallest absolute Gasteiger partial charge is 0.308 e. The highest BCUT2D eigenvalue weighted by Crippen LogP contribution is 2.17. The van der Waals surface area contributed by atoms with E-state index in [0.29, 0.717) is 11.3 Å². The molecule has 0 saturated heterocycles. The van der Waals surface area contributed by atoms with Crippen LogP contribution in [0.15, 0.2) is 54.6 Å². The molecule has 8 nitrogen and oxygen atoms in total. The first-order valence-electron chi connectivity index (χ1n) is 8.98. The van der Waals surface area contributed by atoms with Crippen molar-refractivity contribution in [2.45, 2.75) is 19.4 Å². The fraction of sp³-hybridized carbons (Fsp3) is 0.238. The van der Waals surface area contributed by atoms with Crippen LogP contribution >= 0.6 is 0 Å². The third kappa shape index (κ3) is 7.10. The van der Waals surface area contributed by atoms with Gasteiger partial charge in [-0.15, -0.1) is 0 Å². The summed E-state index contributed by atoms with van der Waals surface area (Å²) in [5.41, 5.74) is 1.56. The molecular weight excluding hydrogens is 374 g/mol. The molecule has 2 rings (SSSR count). The van der Waals surface area contributed by atoms with Gasteiger partial charge in [-0.1, -0.05) is 36.4 Å². The second-order valence-electron chi connectivity index (χ2n) is 6.24. The molecule has 0 aliphatic rings. The maximum atomic E-state index is 12.1. The zero-order valence-corrected chi connectivity index (χ0v) is 16.2. The van der Waals surface area contributed by atoms with Crippen LogP contribution in [0.3, 0.4) is 0 Å². The molecule has 0 saturated carbocycles. The van der Waals surface area contributed by atoms with E-state index >= 15 is 0 Å². The maximum absolute atomic E-state index is 12.1. The molecule has 3 N–H and O–H groups in total. The molecule has 0 spiro atoms. The lowest BCUT2D eigenvalue weighted by atomic mass is 10.0. The number of anilines is 1. The van der Waals surface area contributed by atoms with Crippen LogP contribution in [0.5, 0.6) is 0 Å². The van der Waals surface area contributed by atoms with Gasteiger partial charge in [-0.05, 0) is 23.8 Å². The van der Waals surface area contributed by atoms with Gasteiger partial charge in [0.15, 0.2) is 6.61 Å². The van der Waals surface area contributed by atoms with E-state index in [2.05, 4.69) is 16.0 Å². The minimum atomic E-state index is -0.623. The summed E-state index contributed by atoms with van der Waals surface area (Å²) < 4.78 is 5.03. The second-order valence-corrected chi connectivity index (χ2v) is 6.24. The van der Waals surface area contributed by atoms with E-state index in [1.165, 1.54) is 20.0 Å². The number of nitrogens with one attached hydrogen (secondary N) is 3. The molecule has 2 aromatic carbocycles. The van der Waals surface area contributed by atoms with E-state index in [1.54, 1.807) is 42.5 Å². The summed E-state index contributed by atoms with van der Waals surface area (Å²) in [4.78, 5) is 47.2. The standard InChI is InChI=1S/C21H23N3O5/c1-14(25)23-18(15-7-4-3-5-8-15)12-20(27)29-13-19(26)24-17-10-6-9-16(11-17)21(28)22-2/h3-11,18H,12-13H2,1-2H3,(H,22,28)(H,23,25)(H,24,26)/t18-/m0/s1. The third-order valence-corrected chi connectivity index (χ3v) is 3.95. The average molecular weight is 397 g/mol. The first-order chi connectivity index (χ1) is 13.9. The first-order valence-corrected chi connectivity index (χ1v) is 8.98. The fourth-order valence-electron chi connectivity index (χ4n) is 2.63. The number of hydrogen-bond donors (Lipinski definition) is 3. The van der Waals surface area contributed by atoms with E-state index in [9.17, 15) is 19.2 Å². The van der Waals surface area contributed by atoms with Crippen LogP contribution in [-0.2, 0) is 19.1 Å². The molecule has 0 heterocycles. The lowest BCUT2D eigenvalue weighted by Crippen LogP contribution is -2.29. The molecule has 0 aromatic heterocycles. The maximum Gasteiger partial charge on any atom is 0.308 e. The summed E-state index contributed by atoms with van der Waals surface area (Å²) in [5.74, 6) is -1.72. The summed E-state index contributed by atoms with van der Waals surface area (Å²) in [6.07, 6.45) is -0.108.